The molecule has 0 spiro atoms. The van der Waals surface area contributed by atoms with Crippen LogP contribution in [0.15, 0.2) is 60.9 Å². The molecule has 50 heavy (non-hydrogen) atoms. The summed E-state index contributed by atoms with van der Waals surface area (Å²) in [4.78, 5) is 9.14. The van der Waals surface area contributed by atoms with Gasteiger partial charge in [-0.05, 0) is 84.3 Å². The number of imidazole rings is 2. The molecule has 4 aromatic heterocycles. The lowest BCUT2D eigenvalue weighted by molar-refractivity contribution is 0.405. The van der Waals surface area contributed by atoms with Crippen LogP contribution >= 0.6 is 23.2 Å². The highest BCUT2D eigenvalue weighted by Gasteiger charge is 2.28. The van der Waals surface area contributed by atoms with Gasteiger partial charge in [0.2, 0.25) is 0 Å². The summed E-state index contributed by atoms with van der Waals surface area (Å²) in [5.74, 6) is -2.42. The van der Waals surface area contributed by atoms with Crippen molar-refractivity contribution in [1.82, 2.24) is 18.8 Å². The number of nitrogens with two attached hydrogens (primary N) is 2. The van der Waals surface area contributed by atoms with Gasteiger partial charge in [0.05, 0.1) is 21.2 Å². The molecule has 12 nitrogen and oxygen atoms in total. The second-order valence-electron chi connectivity index (χ2n) is 12.1. The van der Waals surface area contributed by atoms with E-state index in [-0.39, 0.29) is 67.5 Å². The fourth-order valence-electron chi connectivity index (χ4n) is 6.81. The topological polar surface area (TPSA) is 208 Å². The van der Waals surface area contributed by atoms with Crippen LogP contribution in [0.3, 0.4) is 0 Å². The number of aromatic hydroxyl groups is 6. The highest BCUT2D eigenvalue weighted by molar-refractivity contribution is 6.30. The molecule has 10 N–H and O–H groups in total. The Morgan fingerprint density at radius 2 is 0.900 bits per heavy atom. The number of hydrogen-bond donors (Lipinski definition) is 8. The van der Waals surface area contributed by atoms with Gasteiger partial charge < -0.3 is 42.1 Å². The summed E-state index contributed by atoms with van der Waals surface area (Å²) in [5.41, 5.74) is 15.6. The number of benzene rings is 4. The Bertz CT molecular complexity index is 2620. The number of nitrogens with zero attached hydrogens (tertiary/aromatic N) is 4. The first-order valence-electron chi connectivity index (χ1n) is 15.1. The van der Waals surface area contributed by atoms with Gasteiger partial charge in [0.1, 0.15) is 45.8 Å². The van der Waals surface area contributed by atoms with E-state index < -0.39 is 23.0 Å². The Balaban J connectivity index is 1.39. The number of halogens is 2. The number of nitrogen functional groups attached to an aromatic ring is 2. The third-order valence-electron chi connectivity index (χ3n) is 9.10. The fourth-order valence-corrected chi connectivity index (χ4v) is 7.13. The number of rotatable bonds is 3. The van der Waals surface area contributed by atoms with Crippen molar-refractivity contribution in [3.63, 3.8) is 0 Å². The maximum atomic E-state index is 11.9. The first kappa shape index (κ1) is 31.1. The van der Waals surface area contributed by atoms with Gasteiger partial charge in [-0.1, -0.05) is 23.2 Å². The molecule has 0 radical (unpaired) electrons. The van der Waals surface area contributed by atoms with E-state index in [2.05, 4.69) is 9.97 Å². The second kappa shape index (κ2) is 10.6. The predicted molar refractivity (Wildman–Crippen MR) is 194 cm³/mol. The van der Waals surface area contributed by atoms with E-state index in [1.165, 1.54) is 12.1 Å². The van der Waals surface area contributed by atoms with Crippen molar-refractivity contribution in [3.8, 4) is 68.1 Å². The molecule has 250 valence electrons. The molecular formula is C36H26Cl2N6O6. The lowest BCUT2D eigenvalue weighted by atomic mass is 9.87. The van der Waals surface area contributed by atoms with Crippen molar-refractivity contribution < 1.29 is 30.6 Å². The monoisotopic (exact) mass is 708 g/mol. The van der Waals surface area contributed by atoms with Crippen molar-refractivity contribution in [1.29, 1.82) is 0 Å². The molecule has 4 aromatic carbocycles. The van der Waals surface area contributed by atoms with E-state index >= 15 is 0 Å². The van der Waals surface area contributed by atoms with Gasteiger partial charge in [-0.15, -0.1) is 0 Å². The third-order valence-corrected chi connectivity index (χ3v) is 9.54. The smallest absolute Gasteiger partial charge is 0.167 e. The Labute approximate surface area is 291 Å². The average molecular weight is 710 g/mol. The number of phenols is 6. The van der Waals surface area contributed by atoms with E-state index in [9.17, 15) is 30.6 Å². The SMILES string of the molecule is Cc1cc2c(-c3nc4ccc(Cl)cn4c3N)c(O)c(O)cc2c(O)c1-c1c(C)cc2c(-c3nc4ccc(Cl)cn4c3N)c(O)c(O)cc2c1O. The quantitative estimate of drug-likeness (QED) is 0.0842. The highest BCUT2D eigenvalue weighted by Crippen LogP contribution is 2.54. The number of hydrogen-bond acceptors (Lipinski definition) is 10. The molecular weight excluding hydrogens is 683 g/mol. The van der Waals surface area contributed by atoms with Gasteiger partial charge in [-0.3, -0.25) is 8.80 Å². The number of pyridine rings is 2. The lowest BCUT2D eigenvalue weighted by Crippen LogP contribution is -1.97. The summed E-state index contributed by atoms with van der Waals surface area (Å²) >= 11 is 12.3. The molecule has 8 rings (SSSR count). The summed E-state index contributed by atoms with van der Waals surface area (Å²) in [6.07, 6.45) is 3.14. The van der Waals surface area contributed by atoms with E-state index in [0.717, 1.165) is 0 Å². The third kappa shape index (κ3) is 4.25. The maximum absolute atomic E-state index is 11.9. The second-order valence-corrected chi connectivity index (χ2v) is 13.0. The molecule has 0 amide bonds. The van der Waals surface area contributed by atoms with Crippen molar-refractivity contribution >= 4 is 67.7 Å². The predicted octanol–water partition coefficient (Wildman–Crippen LogP) is 7.61. The highest BCUT2D eigenvalue weighted by atomic mass is 35.5. The van der Waals surface area contributed by atoms with Gasteiger partial charge in [0.15, 0.2) is 23.0 Å². The number of phenolic OH excluding ortho intramolecular Hbond substituents is 6. The molecule has 4 heterocycles. The Kier molecular flexibility index (Phi) is 6.60. The number of aryl methyl sites for hydroxylation is 2. The van der Waals surface area contributed by atoms with Gasteiger partial charge in [-0.2, -0.15) is 0 Å². The van der Waals surface area contributed by atoms with E-state index in [1.807, 2.05) is 0 Å². The largest absolute Gasteiger partial charge is 0.507 e. The van der Waals surface area contributed by atoms with Gasteiger partial charge in [-0.25, -0.2) is 9.97 Å². The maximum Gasteiger partial charge on any atom is 0.167 e. The van der Waals surface area contributed by atoms with Crippen molar-refractivity contribution in [3.05, 3.63) is 82.1 Å². The van der Waals surface area contributed by atoms with E-state index in [0.29, 0.717) is 43.2 Å². The summed E-state index contributed by atoms with van der Waals surface area (Å²) in [6.45, 7) is 3.42. The van der Waals surface area contributed by atoms with Crippen LogP contribution in [0.4, 0.5) is 11.6 Å². The lowest BCUT2D eigenvalue weighted by Gasteiger charge is -2.20. The zero-order chi connectivity index (χ0) is 35.5. The van der Waals surface area contributed by atoms with E-state index in [4.69, 9.17) is 34.7 Å². The normalized spacial score (nSPS) is 11.8. The number of fused-ring (bicyclic) bond motifs is 4. The minimum atomic E-state index is -0.539. The zero-order valence-corrected chi connectivity index (χ0v) is 27.7. The van der Waals surface area contributed by atoms with E-state index in [1.54, 1.807) is 71.4 Å². The Morgan fingerprint density at radius 1 is 0.520 bits per heavy atom. The molecule has 0 saturated heterocycles. The van der Waals surface area contributed by atoms with Crippen LogP contribution in [0, 0.1) is 13.8 Å². The Hall–Kier alpha value is -6.24. The molecule has 0 aliphatic rings. The number of anilines is 2. The van der Waals surface area contributed by atoms with Crippen LogP contribution in [0.2, 0.25) is 10.0 Å². The molecule has 8 aromatic rings. The fraction of sp³-hybridized carbons (Fsp3) is 0.0556. The standard InChI is InChI=1S/C36H26Cl2N6O6/c1-13-7-17-19(9-21(45)33(49)27(17)29-35(39)43-11-15(37)3-5-23(43)41-29)31(47)25(13)26-14(2)8-18-20(32(26)48)10-22(46)34(50)28(18)30-36(40)44-12-16(38)4-6-24(44)42-30/h3-12,45-50H,39-40H2,1-2H3. The van der Waals surface area contributed by atoms with Crippen LogP contribution < -0.4 is 11.5 Å². The summed E-state index contributed by atoms with van der Waals surface area (Å²) in [6, 6.07) is 12.4. The minimum Gasteiger partial charge on any atom is -0.507 e. The molecule has 0 bridgehead atoms. The van der Waals surface area contributed by atoms with Gasteiger partial charge in [0.25, 0.3) is 0 Å². The minimum absolute atomic E-state index is 0.0816. The molecule has 14 heteroatoms. The molecule has 0 atom stereocenters. The summed E-state index contributed by atoms with van der Waals surface area (Å²) in [7, 11) is 0. The van der Waals surface area contributed by atoms with Crippen molar-refractivity contribution in [2.75, 3.05) is 11.5 Å². The average Bonchev–Trinajstić information content (AvgIpc) is 3.56. The molecule has 0 saturated carbocycles. The number of aromatic nitrogens is 4. The van der Waals surface area contributed by atoms with Crippen molar-refractivity contribution in [2.24, 2.45) is 0 Å². The van der Waals surface area contributed by atoms with Crippen LogP contribution in [0.5, 0.6) is 34.5 Å². The summed E-state index contributed by atoms with van der Waals surface area (Å²) < 4.78 is 3.09. The first-order valence-corrected chi connectivity index (χ1v) is 15.8. The molecule has 0 aliphatic carbocycles. The van der Waals surface area contributed by atoms with Crippen LogP contribution in [-0.4, -0.2) is 49.4 Å². The summed E-state index contributed by atoms with van der Waals surface area (Å²) in [5, 5.41) is 69.5. The van der Waals surface area contributed by atoms with Crippen molar-refractivity contribution in [2.45, 2.75) is 13.8 Å². The molecule has 0 aliphatic heterocycles. The molecule has 0 fully saturated rings. The molecule has 0 unspecified atom stereocenters. The van der Waals surface area contributed by atoms with Crippen LogP contribution in [0.25, 0.3) is 66.5 Å². The Morgan fingerprint density at radius 3 is 1.28 bits per heavy atom. The van der Waals surface area contributed by atoms with Gasteiger partial charge >= 0.3 is 0 Å². The van der Waals surface area contributed by atoms with Gasteiger partial charge in [0, 0.05) is 34.3 Å². The van der Waals surface area contributed by atoms with Crippen LogP contribution in [-0.2, 0) is 0 Å². The zero-order valence-electron chi connectivity index (χ0n) is 26.2. The van der Waals surface area contributed by atoms with Crippen LogP contribution in [0.1, 0.15) is 11.1 Å². The first-order chi connectivity index (χ1) is 23.8.